The van der Waals surface area contributed by atoms with Crippen LogP contribution in [0.15, 0.2) is 34.2 Å². The van der Waals surface area contributed by atoms with E-state index < -0.39 is 0 Å². The number of carbonyl (C=O) groups excluding carboxylic acids is 1. The zero-order valence-electron chi connectivity index (χ0n) is 17.4. The maximum Gasteiger partial charge on any atom is 0.262 e. The second-order valence-corrected chi connectivity index (χ2v) is 9.16. The Morgan fingerprint density at radius 1 is 1.21 bits per heavy atom. The molecular weight excluding hydrogens is 370 g/mol. The van der Waals surface area contributed by atoms with Crippen molar-refractivity contribution in [3.05, 3.63) is 34.6 Å². The van der Waals surface area contributed by atoms with E-state index in [9.17, 15) is 9.59 Å². The molecule has 0 radical (unpaired) electrons. The van der Waals surface area contributed by atoms with Crippen LogP contribution in [-0.2, 0) is 4.79 Å². The van der Waals surface area contributed by atoms with Crippen LogP contribution in [0.5, 0.6) is 0 Å². The monoisotopic (exact) mass is 401 g/mol. The standard InChI is InChI=1S/C22H31N3O2S/c1-5-24(17-11-7-6-8-12-17)20(26)16(4)28-22-23-19-14-10-9-13-18(19)21(27)25(22)15(2)3/h9-10,13-17H,5-8,11-12H2,1-4H3. The minimum atomic E-state index is -0.278. The number of fused-ring (bicyclic) bond motifs is 1. The van der Waals surface area contributed by atoms with Crippen LogP contribution in [0.3, 0.4) is 0 Å². The first kappa shape index (κ1) is 20.9. The lowest BCUT2D eigenvalue weighted by Gasteiger charge is -2.35. The van der Waals surface area contributed by atoms with E-state index in [-0.39, 0.29) is 22.8 Å². The Kier molecular flexibility index (Phi) is 6.81. The van der Waals surface area contributed by atoms with Gasteiger partial charge in [0.2, 0.25) is 5.91 Å². The summed E-state index contributed by atoms with van der Waals surface area (Å²) in [5.41, 5.74) is 0.647. The zero-order chi connectivity index (χ0) is 20.3. The molecule has 0 spiro atoms. The summed E-state index contributed by atoms with van der Waals surface area (Å²) >= 11 is 1.40. The number of nitrogens with zero attached hydrogens (tertiary/aromatic N) is 3. The number of hydrogen-bond donors (Lipinski definition) is 0. The summed E-state index contributed by atoms with van der Waals surface area (Å²) in [6.45, 7) is 8.69. The lowest BCUT2D eigenvalue weighted by molar-refractivity contribution is -0.133. The number of para-hydroxylation sites is 1. The zero-order valence-corrected chi connectivity index (χ0v) is 18.2. The van der Waals surface area contributed by atoms with Crippen LogP contribution in [0.25, 0.3) is 10.9 Å². The third-order valence-corrected chi connectivity index (χ3v) is 6.62. The van der Waals surface area contributed by atoms with Crippen molar-refractivity contribution in [2.24, 2.45) is 0 Å². The molecule has 1 saturated carbocycles. The molecule has 0 N–H and O–H groups in total. The molecule has 1 aromatic heterocycles. The minimum absolute atomic E-state index is 0.0185. The highest BCUT2D eigenvalue weighted by molar-refractivity contribution is 8.00. The van der Waals surface area contributed by atoms with Crippen molar-refractivity contribution in [3.8, 4) is 0 Å². The number of hydrogen-bond acceptors (Lipinski definition) is 4. The van der Waals surface area contributed by atoms with Gasteiger partial charge in [-0.3, -0.25) is 14.2 Å². The average molecular weight is 402 g/mol. The van der Waals surface area contributed by atoms with E-state index in [1.165, 1.54) is 31.0 Å². The summed E-state index contributed by atoms with van der Waals surface area (Å²) in [4.78, 5) is 33.0. The van der Waals surface area contributed by atoms with Crippen molar-refractivity contribution < 1.29 is 4.79 Å². The summed E-state index contributed by atoms with van der Waals surface area (Å²) in [5.74, 6) is 0.150. The molecule has 3 rings (SSSR count). The molecule has 1 aliphatic rings. The third-order valence-electron chi connectivity index (χ3n) is 5.56. The molecule has 1 heterocycles. The van der Waals surface area contributed by atoms with Crippen molar-refractivity contribution in [3.63, 3.8) is 0 Å². The summed E-state index contributed by atoms with van der Waals surface area (Å²) in [5, 5.41) is 0.969. The van der Waals surface area contributed by atoms with Crippen LogP contribution in [0.1, 0.15) is 65.8 Å². The van der Waals surface area contributed by atoms with Crippen molar-refractivity contribution in [1.82, 2.24) is 14.5 Å². The number of thioether (sulfide) groups is 1. The van der Waals surface area contributed by atoms with Crippen LogP contribution in [0.2, 0.25) is 0 Å². The maximum absolute atomic E-state index is 13.2. The van der Waals surface area contributed by atoms with E-state index in [1.54, 1.807) is 4.57 Å². The number of aromatic nitrogens is 2. The van der Waals surface area contributed by atoms with Gasteiger partial charge in [0.1, 0.15) is 0 Å². The normalized spacial score (nSPS) is 16.5. The first-order valence-corrected chi connectivity index (χ1v) is 11.3. The molecule has 0 aliphatic heterocycles. The molecule has 6 heteroatoms. The highest BCUT2D eigenvalue weighted by Crippen LogP contribution is 2.28. The molecule has 1 aromatic carbocycles. The van der Waals surface area contributed by atoms with E-state index in [0.29, 0.717) is 22.1 Å². The topological polar surface area (TPSA) is 55.2 Å². The fourth-order valence-corrected chi connectivity index (χ4v) is 5.20. The lowest BCUT2D eigenvalue weighted by Crippen LogP contribution is -2.44. The van der Waals surface area contributed by atoms with Crippen molar-refractivity contribution in [2.45, 2.75) is 82.3 Å². The second-order valence-electron chi connectivity index (χ2n) is 7.86. The van der Waals surface area contributed by atoms with Gasteiger partial charge in [0.25, 0.3) is 5.56 Å². The Bertz CT molecular complexity index is 887. The van der Waals surface area contributed by atoms with Gasteiger partial charge in [0.05, 0.1) is 16.2 Å². The molecule has 0 saturated heterocycles. The van der Waals surface area contributed by atoms with Crippen LogP contribution in [-0.4, -0.2) is 38.2 Å². The Morgan fingerprint density at radius 3 is 2.54 bits per heavy atom. The van der Waals surface area contributed by atoms with Crippen molar-refractivity contribution in [1.29, 1.82) is 0 Å². The second kappa shape index (κ2) is 9.12. The molecule has 0 bridgehead atoms. The smallest absolute Gasteiger partial charge is 0.262 e. The Hall–Kier alpha value is -1.82. The minimum Gasteiger partial charge on any atom is -0.339 e. The largest absolute Gasteiger partial charge is 0.339 e. The van der Waals surface area contributed by atoms with E-state index in [2.05, 4.69) is 6.92 Å². The predicted octanol–water partition coefficient (Wildman–Crippen LogP) is 4.64. The first-order valence-electron chi connectivity index (χ1n) is 10.4. The SMILES string of the molecule is CCN(C(=O)C(C)Sc1nc2ccccc2c(=O)n1C(C)C)C1CCCCC1. The van der Waals surface area contributed by atoms with Gasteiger partial charge in [-0.25, -0.2) is 4.98 Å². The molecule has 1 aliphatic carbocycles. The Morgan fingerprint density at radius 2 is 1.89 bits per heavy atom. The summed E-state index contributed by atoms with van der Waals surface area (Å²) in [6.07, 6.45) is 5.88. The molecule has 1 atom stereocenters. The van der Waals surface area contributed by atoms with E-state index in [1.807, 2.05) is 49.9 Å². The molecular formula is C22H31N3O2S. The fourth-order valence-electron chi connectivity index (χ4n) is 4.09. The first-order chi connectivity index (χ1) is 13.4. The summed E-state index contributed by atoms with van der Waals surface area (Å²) < 4.78 is 1.72. The van der Waals surface area contributed by atoms with Gasteiger partial charge in [-0.2, -0.15) is 0 Å². The van der Waals surface area contributed by atoms with Crippen LogP contribution in [0.4, 0.5) is 0 Å². The van der Waals surface area contributed by atoms with Gasteiger partial charge in [0.15, 0.2) is 5.16 Å². The van der Waals surface area contributed by atoms with Gasteiger partial charge in [-0.15, -0.1) is 0 Å². The summed E-state index contributed by atoms with van der Waals surface area (Å²) in [6, 6.07) is 7.76. The molecule has 5 nitrogen and oxygen atoms in total. The average Bonchev–Trinajstić information content (AvgIpc) is 2.69. The molecule has 28 heavy (non-hydrogen) atoms. The van der Waals surface area contributed by atoms with E-state index in [0.717, 1.165) is 19.4 Å². The van der Waals surface area contributed by atoms with Gasteiger partial charge in [-0.05, 0) is 52.7 Å². The van der Waals surface area contributed by atoms with Gasteiger partial charge < -0.3 is 4.90 Å². The van der Waals surface area contributed by atoms with Gasteiger partial charge in [-0.1, -0.05) is 43.2 Å². The quantitative estimate of drug-likeness (QED) is 0.523. The molecule has 1 fully saturated rings. The molecule has 152 valence electrons. The van der Waals surface area contributed by atoms with E-state index in [4.69, 9.17) is 4.98 Å². The number of amides is 1. The predicted molar refractivity (Wildman–Crippen MR) is 116 cm³/mol. The van der Waals surface area contributed by atoms with Crippen LogP contribution >= 0.6 is 11.8 Å². The highest BCUT2D eigenvalue weighted by Gasteiger charge is 2.29. The van der Waals surface area contributed by atoms with Crippen molar-refractivity contribution in [2.75, 3.05) is 6.54 Å². The summed E-state index contributed by atoms with van der Waals surface area (Å²) in [7, 11) is 0. The molecule has 1 amide bonds. The number of carbonyl (C=O) groups is 1. The number of benzene rings is 1. The van der Waals surface area contributed by atoms with Crippen molar-refractivity contribution >= 4 is 28.6 Å². The Balaban J connectivity index is 1.89. The van der Waals surface area contributed by atoms with Crippen LogP contribution in [0, 0.1) is 0 Å². The molecule has 2 aromatic rings. The maximum atomic E-state index is 13.2. The molecule has 1 unspecified atom stereocenters. The van der Waals surface area contributed by atoms with E-state index >= 15 is 0 Å². The highest BCUT2D eigenvalue weighted by atomic mass is 32.2. The third kappa shape index (κ3) is 4.27. The Labute approximate surface area is 171 Å². The fraction of sp³-hybridized carbons (Fsp3) is 0.591. The van der Waals surface area contributed by atoms with Gasteiger partial charge >= 0.3 is 0 Å². The lowest BCUT2D eigenvalue weighted by atomic mass is 9.94. The van der Waals surface area contributed by atoms with Crippen LogP contribution < -0.4 is 5.56 Å². The number of rotatable bonds is 6. The van der Waals surface area contributed by atoms with Gasteiger partial charge in [0, 0.05) is 18.6 Å².